The van der Waals surface area contributed by atoms with Crippen LogP contribution in [-0.2, 0) is 10.0 Å². The number of nitrogens with zero attached hydrogens (tertiary/aromatic N) is 1. The van der Waals surface area contributed by atoms with Crippen molar-refractivity contribution >= 4 is 31.6 Å². The van der Waals surface area contributed by atoms with Crippen LogP contribution in [0.15, 0.2) is 27.6 Å². The van der Waals surface area contributed by atoms with E-state index in [-0.39, 0.29) is 4.90 Å². The number of nitrogens with two attached hydrogens (primary N) is 1. The summed E-state index contributed by atoms with van der Waals surface area (Å²) in [7, 11) is -3.65. The molecule has 7 heteroatoms. The highest BCUT2D eigenvalue weighted by Crippen LogP contribution is 2.32. The number of anilines is 1. The summed E-state index contributed by atoms with van der Waals surface area (Å²) < 4.78 is 23.4. The molecule has 5 nitrogen and oxygen atoms in total. The molecule has 2 aliphatic heterocycles. The van der Waals surface area contributed by atoms with Crippen LogP contribution in [0.25, 0.3) is 0 Å². The van der Waals surface area contributed by atoms with Gasteiger partial charge in [0.25, 0.3) is 0 Å². The molecular weight excluding hydrogens is 342 g/mol. The summed E-state index contributed by atoms with van der Waals surface area (Å²) in [5.74, 6) is 0. The molecule has 2 saturated heterocycles. The SMILES string of the molecule is NS(=O)(=O)c1ccc(NC2CCN3CCCC23)c(Br)c1. The van der Waals surface area contributed by atoms with Crippen LogP contribution < -0.4 is 10.5 Å². The molecule has 2 heterocycles. The lowest BCUT2D eigenvalue weighted by atomic mass is 10.1. The lowest BCUT2D eigenvalue weighted by molar-refractivity contribution is 0.318. The molecule has 0 radical (unpaired) electrons. The van der Waals surface area contributed by atoms with Gasteiger partial charge in [0.15, 0.2) is 0 Å². The molecular formula is C13H18BrN3O2S. The lowest BCUT2D eigenvalue weighted by Gasteiger charge is -2.23. The van der Waals surface area contributed by atoms with Gasteiger partial charge in [0.1, 0.15) is 0 Å². The van der Waals surface area contributed by atoms with Crippen molar-refractivity contribution in [2.75, 3.05) is 18.4 Å². The number of fused-ring (bicyclic) bond motifs is 1. The average Bonchev–Trinajstić information content (AvgIpc) is 2.95. The van der Waals surface area contributed by atoms with Crippen LogP contribution in [0.5, 0.6) is 0 Å². The van der Waals surface area contributed by atoms with E-state index in [9.17, 15) is 8.42 Å². The third-order valence-corrected chi connectivity index (χ3v) is 5.78. The van der Waals surface area contributed by atoms with E-state index in [4.69, 9.17) is 5.14 Å². The lowest BCUT2D eigenvalue weighted by Crippen LogP contribution is -2.33. The minimum Gasteiger partial charge on any atom is -0.380 e. The minimum absolute atomic E-state index is 0.129. The van der Waals surface area contributed by atoms with Crippen molar-refractivity contribution in [3.8, 4) is 0 Å². The fraction of sp³-hybridized carbons (Fsp3) is 0.538. The van der Waals surface area contributed by atoms with E-state index in [0.717, 1.165) is 23.1 Å². The Morgan fingerprint density at radius 3 is 2.80 bits per heavy atom. The van der Waals surface area contributed by atoms with Crippen molar-refractivity contribution in [1.82, 2.24) is 4.90 Å². The maximum Gasteiger partial charge on any atom is 0.238 e. The molecule has 0 saturated carbocycles. The first kappa shape index (κ1) is 14.3. The van der Waals surface area contributed by atoms with Gasteiger partial charge in [-0.15, -0.1) is 0 Å². The van der Waals surface area contributed by atoms with Crippen molar-refractivity contribution in [3.63, 3.8) is 0 Å². The molecule has 3 rings (SSSR count). The Labute approximate surface area is 127 Å². The first-order chi connectivity index (χ1) is 9.45. The first-order valence-corrected chi connectivity index (χ1v) is 9.12. The fourth-order valence-electron chi connectivity index (χ4n) is 3.24. The minimum atomic E-state index is -3.65. The summed E-state index contributed by atoms with van der Waals surface area (Å²) in [5.41, 5.74) is 0.927. The number of primary sulfonamides is 1. The molecule has 2 aliphatic rings. The Bertz CT molecular complexity index is 620. The summed E-state index contributed by atoms with van der Waals surface area (Å²) in [5, 5.41) is 8.67. The van der Waals surface area contributed by atoms with E-state index in [2.05, 4.69) is 26.1 Å². The van der Waals surface area contributed by atoms with Crippen LogP contribution >= 0.6 is 15.9 Å². The molecule has 3 N–H and O–H groups in total. The van der Waals surface area contributed by atoms with E-state index in [1.165, 1.54) is 19.4 Å². The Morgan fingerprint density at radius 1 is 1.30 bits per heavy atom. The zero-order valence-electron chi connectivity index (χ0n) is 11.0. The third kappa shape index (κ3) is 2.72. The molecule has 0 bridgehead atoms. The van der Waals surface area contributed by atoms with Crippen LogP contribution in [0.1, 0.15) is 19.3 Å². The second-order valence-corrected chi connectivity index (χ2v) is 7.89. The standard InChI is InChI=1S/C13H18BrN3O2S/c14-10-8-9(20(15,18)19)3-4-11(10)16-12-5-7-17-6-1-2-13(12)17/h3-4,8,12-13,16H,1-2,5-7H2,(H2,15,18,19). The van der Waals surface area contributed by atoms with E-state index in [1.54, 1.807) is 18.2 Å². The second-order valence-electron chi connectivity index (χ2n) is 5.47. The number of halogens is 1. The molecule has 0 aliphatic carbocycles. The zero-order valence-corrected chi connectivity index (χ0v) is 13.5. The van der Waals surface area contributed by atoms with Crippen LogP contribution in [0.2, 0.25) is 0 Å². The van der Waals surface area contributed by atoms with Gasteiger partial charge in [0, 0.05) is 28.8 Å². The van der Waals surface area contributed by atoms with Gasteiger partial charge in [-0.3, -0.25) is 4.90 Å². The molecule has 0 amide bonds. The van der Waals surface area contributed by atoms with Crippen LogP contribution in [-0.4, -0.2) is 38.5 Å². The van der Waals surface area contributed by atoms with Crippen molar-refractivity contribution in [3.05, 3.63) is 22.7 Å². The molecule has 20 heavy (non-hydrogen) atoms. The highest BCUT2D eigenvalue weighted by Gasteiger charge is 2.37. The number of hydrogen-bond donors (Lipinski definition) is 2. The molecule has 2 fully saturated rings. The van der Waals surface area contributed by atoms with Gasteiger partial charge in [-0.1, -0.05) is 0 Å². The smallest absolute Gasteiger partial charge is 0.238 e. The maximum atomic E-state index is 11.3. The third-order valence-electron chi connectivity index (χ3n) is 4.22. The van der Waals surface area contributed by atoms with Gasteiger partial charge in [0.05, 0.1) is 4.90 Å². The normalized spacial score (nSPS) is 26.7. The van der Waals surface area contributed by atoms with E-state index in [1.807, 2.05) is 0 Å². The first-order valence-electron chi connectivity index (χ1n) is 6.78. The Kier molecular flexibility index (Phi) is 3.79. The molecule has 110 valence electrons. The van der Waals surface area contributed by atoms with Crippen molar-refractivity contribution in [2.24, 2.45) is 5.14 Å². The number of nitrogens with one attached hydrogen (secondary N) is 1. The molecule has 0 spiro atoms. The molecule has 1 aromatic carbocycles. The number of rotatable bonds is 3. The average molecular weight is 360 g/mol. The predicted molar refractivity (Wildman–Crippen MR) is 82.1 cm³/mol. The summed E-state index contributed by atoms with van der Waals surface area (Å²) >= 11 is 3.42. The van der Waals surface area contributed by atoms with Gasteiger partial charge in [-0.2, -0.15) is 0 Å². The molecule has 1 aromatic rings. The van der Waals surface area contributed by atoms with Gasteiger partial charge in [-0.05, 0) is 59.9 Å². The molecule has 2 atom stereocenters. The number of benzene rings is 1. The van der Waals surface area contributed by atoms with Gasteiger partial charge in [0.2, 0.25) is 10.0 Å². The quantitative estimate of drug-likeness (QED) is 0.861. The van der Waals surface area contributed by atoms with Crippen molar-refractivity contribution in [1.29, 1.82) is 0 Å². The Balaban J connectivity index is 1.78. The summed E-state index contributed by atoms with van der Waals surface area (Å²) in [6.07, 6.45) is 3.65. The van der Waals surface area contributed by atoms with Crippen LogP contribution in [0, 0.1) is 0 Å². The Morgan fingerprint density at radius 2 is 2.10 bits per heavy atom. The predicted octanol–water partition coefficient (Wildman–Crippen LogP) is 1.75. The van der Waals surface area contributed by atoms with Gasteiger partial charge >= 0.3 is 0 Å². The monoisotopic (exact) mass is 359 g/mol. The largest absolute Gasteiger partial charge is 0.380 e. The van der Waals surface area contributed by atoms with E-state index in [0.29, 0.717) is 12.1 Å². The number of sulfonamides is 1. The highest BCUT2D eigenvalue weighted by molar-refractivity contribution is 9.10. The Hall–Kier alpha value is -0.630. The van der Waals surface area contributed by atoms with E-state index >= 15 is 0 Å². The van der Waals surface area contributed by atoms with Crippen LogP contribution in [0.3, 0.4) is 0 Å². The highest BCUT2D eigenvalue weighted by atomic mass is 79.9. The summed E-state index contributed by atoms with van der Waals surface area (Å²) in [6, 6.07) is 5.93. The van der Waals surface area contributed by atoms with Crippen molar-refractivity contribution < 1.29 is 8.42 Å². The van der Waals surface area contributed by atoms with Gasteiger partial charge < -0.3 is 5.32 Å². The molecule has 2 unspecified atom stereocenters. The number of hydrogen-bond acceptors (Lipinski definition) is 4. The zero-order chi connectivity index (χ0) is 14.3. The summed E-state index contributed by atoms with van der Waals surface area (Å²) in [6.45, 7) is 2.35. The van der Waals surface area contributed by atoms with Crippen molar-refractivity contribution in [2.45, 2.75) is 36.2 Å². The maximum absolute atomic E-state index is 11.3. The van der Waals surface area contributed by atoms with E-state index < -0.39 is 10.0 Å². The van der Waals surface area contributed by atoms with Gasteiger partial charge in [-0.25, -0.2) is 13.6 Å². The fourth-order valence-corrected chi connectivity index (χ4v) is 4.43. The summed E-state index contributed by atoms with van der Waals surface area (Å²) in [4.78, 5) is 2.66. The topological polar surface area (TPSA) is 75.4 Å². The van der Waals surface area contributed by atoms with Crippen LogP contribution in [0.4, 0.5) is 5.69 Å². The second kappa shape index (κ2) is 5.29. The molecule has 0 aromatic heterocycles.